The Morgan fingerprint density at radius 2 is 1.91 bits per heavy atom. The first-order chi connectivity index (χ1) is 10.9. The van der Waals surface area contributed by atoms with Gasteiger partial charge < -0.3 is 10.2 Å². The van der Waals surface area contributed by atoms with Crippen LogP contribution in [0, 0.1) is 34.5 Å². The highest BCUT2D eigenvalue weighted by Gasteiger charge is 2.59. The van der Waals surface area contributed by atoms with Gasteiger partial charge >= 0.3 is 5.97 Å². The van der Waals surface area contributed by atoms with Crippen molar-refractivity contribution in [3.05, 3.63) is 11.6 Å². The lowest BCUT2D eigenvalue weighted by Crippen LogP contribution is -2.51. The number of carboxylic acid groups (broad SMARTS) is 1. The zero-order chi connectivity index (χ0) is 16.4. The minimum Gasteiger partial charge on any atom is -0.481 e. The van der Waals surface area contributed by atoms with Crippen LogP contribution in [0.1, 0.15) is 65.2 Å². The minimum absolute atomic E-state index is 0.00286. The van der Waals surface area contributed by atoms with Gasteiger partial charge in [-0.2, -0.15) is 0 Å². The summed E-state index contributed by atoms with van der Waals surface area (Å²) in [4.78, 5) is 11.7. The molecule has 4 aliphatic carbocycles. The molecule has 0 aromatic heterocycles. The van der Waals surface area contributed by atoms with Crippen LogP contribution >= 0.6 is 0 Å². The molecule has 0 spiro atoms. The first-order valence-electron chi connectivity index (χ1n) is 9.46. The van der Waals surface area contributed by atoms with E-state index < -0.39 is 5.97 Å². The van der Waals surface area contributed by atoms with E-state index in [1.807, 2.05) is 0 Å². The predicted molar refractivity (Wildman–Crippen MR) is 88.8 cm³/mol. The van der Waals surface area contributed by atoms with E-state index in [0.29, 0.717) is 17.8 Å². The molecule has 7 atom stereocenters. The van der Waals surface area contributed by atoms with Crippen LogP contribution in [-0.2, 0) is 4.79 Å². The Bertz CT molecular complexity index is 553. The highest BCUT2D eigenvalue weighted by Crippen LogP contribution is 2.66. The molecule has 128 valence electrons. The third kappa shape index (κ3) is 2.08. The van der Waals surface area contributed by atoms with Gasteiger partial charge in [-0.15, -0.1) is 0 Å². The van der Waals surface area contributed by atoms with Crippen LogP contribution in [0.2, 0.25) is 0 Å². The van der Waals surface area contributed by atoms with E-state index in [1.54, 1.807) is 0 Å². The Hall–Kier alpha value is -0.830. The Balaban J connectivity index is 1.66. The lowest BCUT2D eigenvalue weighted by molar-refractivity contribution is -0.148. The number of hydrogen-bond donors (Lipinski definition) is 2. The van der Waals surface area contributed by atoms with Gasteiger partial charge in [0, 0.05) is 0 Å². The molecule has 3 heteroatoms. The van der Waals surface area contributed by atoms with E-state index in [1.165, 1.54) is 12.0 Å². The van der Waals surface area contributed by atoms with Crippen molar-refractivity contribution in [2.45, 2.75) is 71.3 Å². The van der Waals surface area contributed by atoms with Crippen LogP contribution < -0.4 is 0 Å². The largest absolute Gasteiger partial charge is 0.481 e. The average Bonchev–Trinajstić information content (AvgIpc) is 2.85. The van der Waals surface area contributed by atoms with Crippen molar-refractivity contribution in [1.29, 1.82) is 0 Å². The molecule has 0 saturated heterocycles. The van der Waals surface area contributed by atoms with Crippen molar-refractivity contribution in [3.63, 3.8) is 0 Å². The Labute approximate surface area is 139 Å². The monoisotopic (exact) mass is 318 g/mol. The van der Waals surface area contributed by atoms with Crippen molar-refractivity contribution in [2.75, 3.05) is 0 Å². The molecule has 0 radical (unpaired) electrons. The Morgan fingerprint density at radius 1 is 1.13 bits per heavy atom. The molecule has 3 saturated carbocycles. The Kier molecular flexibility index (Phi) is 3.46. The molecule has 0 aromatic rings. The SMILES string of the molecule is C[C@]12CC[C@H]3[C@@H](CC=C4C[C@H](O)CC[C@@]43C)[C@@H]1CC[C@@H]2C(=O)O. The maximum absolute atomic E-state index is 11.7. The number of carboxylic acids is 1. The second kappa shape index (κ2) is 5.08. The summed E-state index contributed by atoms with van der Waals surface area (Å²) >= 11 is 0. The number of rotatable bonds is 1. The number of hydrogen-bond acceptors (Lipinski definition) is 2. The van der Waals surface area contributed by atoms with Crippen molar-refractivity contribution < 1.29 is 15.0 Å². The van der Waals surface area contributed by atoms with Gasteiger partial charge in [0.25, 0.3) is 0 Å². The maximum Gasteiger partial charge on any atom is 0.307 e. The summed E-state index contributed by atoms with van der Waals surface area (Å²) in [6, 6.07) is 0. The number of fused-ring (bicyclic) bond motifs is 5. The number of aliphatic carboxylic acids is 1. The Morgan fingerprint density at radius 3 is 2.65 bits per heavy atom. The van der Waals surface area contributed by atoms with E-state index in [0.717, 1.165) is 44.9 Å². The molecule has 3 fully saturated rings. The molecule has 0 aromatic carbocycles. The van der Waals surface area contributed by atoms with Gasteiger partial charge in [-0.1, -0.05) is 25.5 Å². The molecule has 3 nitrogen and oxygen atoms in total. The standard InChI is InChI=1S/C20H30O3/c1-19-9-7-13(21)11-12(19)3-4-14-15-5-6-17(18(22)23)20(15,2)10-8-16(14)19/h3,13-17,21H,4-11H2,1-2H3,(H,22,23)/t13-,14+,15+,16+,17-,19+,20+/m1/s1. The first-order valence-corrected chi connectivity index (χ1v) is 9.46. The van der Waals surface area contributed by atoms with Crippen LogP contribution in [0.15, 0.2) is 11.6 Å². The third-order valence-corrected chi connectivity index (χ3v) is 8.38. The van der Waals surface area contributed by atoms with Gasteiger partial charge in [0.1, 0.15) is 0 Å². The van der Waals surface area contributed by atoms with Gasteiger partial charge in [-0.25, -0.2) is 0 Å². The molecule has 0 heterocycles. The predicted octanol–water partition coefficient (Wildman–Crippen LogP) is 4.01. The van der Waals surface area contributed by atoms with Crippen LogP contribution in [0.3, 0.4) is 0 Å². The summed E-state index contributed by atoms with van der Waals surface area (Å²) in [5.74, 6) is 1.21. The number of aliphatic hydroxyl groups is 1. The van der Waals surface area contributed by atoms with Crippen LogP contribution in [0.5, 0.6) is 0 Å². The van der Waals surface area contributed by atoms with Gasteiger partial charge in [0.2, 0.25) is 0 Å². The van der Waals surface area contributed by atoms with E-state index in [2.05, 4.69) is 19.9 Å². The fraction of sp³-hybridized carbons (Fsp3) is 0.850. The molecule has 2 N–H and O–H groups in total. The van der Waals surface area contributed by atoms with E-state index in [9.17, 15) is 15.0 Å². The van der Waals surface area contributed by atoms with Crippen LogP contribution in [0.4, 0.5) is 0 Å². The molecule has 23 heavy (non-hydrogen) atoms. The summed E-state index contributed by atoms with van der Waals surface area (Å²) in [6.07, 6.45) is 10.5. The topological polar surface area (TPSA) is 57.5 Å². The molecular formula is C20H30O3. The molecule has 0 unspecified atom stereocenters. The normalized spacial score (nSPS) is 52.1. The molecular weight excluding hydrogens is 288 g/mol. The van der Waals surface area contributed by atoms with Gasteiger partial charge in [0.05, 0.1) is 12.0 Å². The zero-order valence-corrected chi connectivity index (χ0v) is 14.4. The van der Waals surface area contributed by atoms with Crippen LogP contribution in [0.25, 0.3) is 0 Å². The summed E-state index contributed by atoms with van der Waals surface area (Å²) in [5.41, 5.74) is 1.75. The second-order valence-electron chi connectivity index (χ2n) is 9.17. The first kappa shape index (κ1) is 15.7. The minimum atomic E-state index is -0.576. The summed E-state index contributed by atoms with van der Waals surface area (Å²) < 4.78 is 0. The molecule has 4 rings (SSSR count). The fourth-order valence-corrected chi connectivity index (χ4v) is 7.05. The summed E-state index contributed by atoms with van der Waals surface area (Å²) in [6.45, 7) is 4.68. The van der Waals surface area contributed by atoms with Crippen molar-refractivity contribution in [2.24, 2.45) is 34.5 Å². The lowest BCUT2D eigenvalue weighted by Gasteiger charge is -2.57. The quantitative estimate of drug-likeness (QED) is 0.718. The molecule has 4 aliphatic rings. The second-order valence-corrected chi connectivity index (χ2v) is 9.17. The highest BCUT2D eigenvalue weighted by atomic mass is 16.4. The van der Waals surface area contributed by atoms with E-state index in [4.69, 9.17) is 0 Å². The zero-order valence-electron chi connectivity index (χ0n) is 14.4. The highest BCUT2D eigenvalue weighted by molar-refractivity contribution is 5.71. The summed E-state index contributed by atoms with van der Waals surface area (Å²) in [7, 11) is 0. The van der Waals surface area contributed by atoms with Gasteiger partial charge in [-0.3, -0.25) is 4.79 Å². The van der Waals surface area contributed by atoms with Gasteiger partial charge in [-0.05, 0) is 80.0 Å². The molecule has 0 amide bonds. The van der Waals surface area contributed by atoms with Crippen molar-refractivity contribution in [1.82, 2.24) is 0 Å². The van der Waals surface area contributed by atoms with E-state index in [-0.39, 0.29) is 22.9 Å². The van der Waals surface area contributed by atoms with Crippen molar-refractivity contribution in [3.8, 4) is 0 Å². The van der Waals surface area contributed by atoms with Gasteiger partial charge in [0.15, 0.2) is 0 Å². The number of aliphatic hydroxyl groups excluding tert-OH is 1. The summed E-state index contributed by atoms with van der Waals surface area (Å²) in [5, 5.41) is 19.7. The molecule has 0 aliphatic heterocycles. The van der Waals surface area contributed by atoms with Crippen LogP contribution in [-0.4, -0.2) is 22.3 Å². The average molecular weight is 318 g/mol. The van der Waals surface area contributed by atoms with E-state index >= 15 is 0 Å². The fourth-order valence-electron chi connectivity index (χ4n) is 7.05. The van der Waals surface area contributed by atoms with Crippen molar-refractivity contribution >= 4 is 5.97 Å². The maximum atomic E-state index is 11.7. The number of allylic oxidation sites excluding steroid dienone is 1. The smallest absolute Gasteiger partial charge is 0.307 e. The molecule has 0 bridgehead atoms. The number of carbonyl (C=O) groups is 1. The lowest BCUT2D eigenvalue weighted by atomic mass is 9.47. The third-order valence-electron chi connectivity index (χ3n) is 8.38.